The molecule has 0 radical (unpaired) electrons. The molecule has 190 valence electrons. The predicted octanol–water partition coefficient (Wildman–Crippen LogP) is 10.1. The van der Waals surface area contributed by atoms with Gasteiger partial charge in [-0.05, 0) is 138 Å². The van der Waals surface area contributed by atoms with Crippen molar-refractivity contribution < 1.29 is 9.13 Å². The lowest BCUT2D eigenvalue weighted by molar-refractivity contribution is 0.109. The average Bonchev–Trinajstić information content (AvgIpc) is 2.88. The van der Waals surface area contributed by atoms with Crippen LogP contribution in [0.25, 0.3) is 0 Å². The highest BCUT2D eigenvalue weighted by Crippen LogP contribution is 2.48. The summed E-state index contributed by atoms with van der Waals surface area (Å²) >= 11 is 6.42. The summed E-state index contributed by atoms with van der Waals surface area (Å²) in [4.78, 5) is 0. The second-order valence-corrected chi connectivity index (χ2v) is 11.8. The zero-order valence-electron chi connectivity index (χ0n) is 21.5. The van der Waals surface area contributed by atoms with Crippen LogP contribution in [-0.4, -0.2) is 6.61 Å². The summed E-state index contributed by atoms with van der Waals surface area (Å²) in [5.74, 6) is 5.07. The highest BCUT2D eigenvalue weighted by atomic mass is 35.5. The van der Waals surface area contributed by atoms with E-state index in [4.69, 9.17) is 16.3 Å². The lowest BCUT2D eigenvalue weighted by Gasteiger charge is -2.41. The SMILES string of the molecule is CC=CCCC1CCC(C2CCC(C3CCC(c4ccc(OCC)c(F)c4Cl)CC3)CC2)CC1. The Labute approximate surface area is 212 Å². The predicted molar refractivity (Wildman–Crippen MR) is 142 cm³/mol. The van der Waals surface area contributed by atoms with E-state index in [9.17, 15) is 4.39 Å². The van der Waals surface area contributed by atoms with Gasteiger partial charge in [-0.2, -0.15) is 0 Å². The molecule has 1 aromatic carbocycles. The average molecular weight is 489 g/mol. The first kappa shape index (κ1) is 26.1. The van der Waals surface area contributed by atoms with E-state index in [1.54, 1.807) is 6.07 Å². The molecule has 0 atom stereocenters. The van der Waals surface area contributed by atoms with Crippen LogP contribution < -0.4 is 4.74 Å². The number of ether oxygens (including phenoxy) is 1. The van der Waals surface area contributed by atoms with Crippen LogP contribution in [-0.2, 0) is 0 Å². The summed E-state index contributed by atoms with van der Waals surface area (Å²) in [6.45, 7) is 4.46. The van der Waals surface area contributed by atoms with Crippen LogP contribution in [0, 0.1) is 35.4 Å². The standard InChI is InChI=1S/C31H46ClFO/c1-3-5-6-7-22-8-10-23(11-9-22)24-12-14-25(15-13-24)26-16-18-27(19-17-26)28-20-21-29(34-4-2)31(33)30(28)32/h3,5,20-27H,4,6-19H2,1-2H3. The van der Waals surface area contributed by atoms with Gasteiger partial charge in [-0.15, -0.1) is 0 Å². The van der Waals surface area contributed by atoms with Crippen molar-refractivity contribution >= 4 is 11.6 Å². The van der Waals surface area contributed by atoms with Gasteiger partial charge in [-0.3, -0.25) is 0 Å². The third-order valence-electron chi connectivity index (χ3n) is 9.61. The minimum Gasteiger partial charge on any atom is -0.491 e. The van der Waals surface area contributed by atoms with Crippen LogP contribution in [0.15, 0.2) is 24.3 Å². The van der Waals surface area contributed by atoms with Crippen molar-refractivity contribution in [3.8, 4) is 5.75 Å². The minimum absolute atomic E-state index is 0.281. The smallest absolute Gasteiger partial charge is 0.183 e. The Morgan fingerprint density at radius 3 is 1.91 bits per heavy atom. The van der Waals surface area contributed by atoms with E-state index in [1.807, 2.05) is 13.0 Å². The highest BCUT2D eigenvalue weighted by molar-refractivity contribution is 6.31. The molecule has 3 fully saturated rings. The van der Waals surface area contributed by atoms with E-state index in [0.717, 1.165) is 48.0 Å². The molecule has 1 nitrogen and oxygen atoms in total. The van der Waals surface area contributed by atoms with Gasteiger partial charge in [0.1, 0.15) is 0 Å². The molecule has 0 spiro atoms. The maximum Gasteiger partial charge on any atom is 0.183 e. The third-order valence-corrected chi connectivity index (χ3v) is 9.99. The molecule has 3 heteroatoms. The van der Waals surface area contributed by atoms with E-state index in [1.165, 1.54) is 77.0 Å². The number of rotatable bonds is 8. The molecule has 0 unspecified atom stereocenters. The molecule has 34 heavy (non-hydrogen) atoms. The molecular formula is C31H46ClFO. The Balaban J connectivity index is 1.20. The van der Waals surface area contributed by atoms with Crippen LogP contribution in [0.4, 0.5) is 4.39 Å². The fourth-order valence-electron chi connectivity index (χ4n) is 7.57. The molecule has 0 aromatic heterocycles. The molecule has 0 aliphatic heterocycles. The summed E-state index contributed by atoms with van der Waals surface area (Å²) in [6, 6.07) is 3.77. The van der Waals surface area contributed by atoms with Crippen molar-refractivity contribution in [3.05, 3.63) is 40.7 Å². The molecule has 3 saturated carbocycles. The zero-order valence-corrected chi connectivity index (χ0v) is 22.3. The summed E-state index contributed by atoms with van der Waals surface area (Å²) in [6.07, 6.45) is 23.8. The lowest BCUT2D eigenvalue weighted by Crippen LogP contribution is -2.29. The second-order valence-electron chi connectivity index (χ2n) is 11.4. The normalized spacial score (nSPS) is 32.7. The maximum absolute atomic E-state index is 14.6. The fraction of sp³-hybridized carbons (Fsp3) is 0.742. The first-order valence-corrected chi connectivity index (χ1v) is 14.7. The van der Waals surface area contributed by atoms with Crippen LogP contribution in [0.1, 0.15) is 115 Å². The third kappa shape index (κ3) is 6.40. The maximum atomic E-state index is 14.6. The van der Waals surface area contributed by atoms with Crippen LogP contribution in [0.2, 0.25) is 5.02 Å². The Morgan fingerprint density at radius 2 is 1.38 bits per heavy atom. The Hall–Kier alpha value is -1.02. The van der Waals surface area contributed by atoms with E-state index in [2.05, 4.69) is 19.1 Å². The van der Waals surface area contributed by atoms with E-state index >= 15 is 0 Å². The van der Waals surface area contributed by atoms with Gasteiger partial charge in [-0.1, -0.05) is 42.7 Å². The molecule has 3 aliphatic carbocycles. The quantitative estimate of drug-likeness (QED) is 0.330. The number of allylic oxidation sites excluding steroid dienone is 2. The monoisotopic (exact) mass is 488 g/mol. The van der Waals surface area contributed by atoms with Gasteiger partial charge >= 0.3 is 0 Å². The molecule has 0 heterocycles. The molecule has 4 rings (SSSR count). The molecule has 0 N–H and O–H groups in total. The summed E-state index contributed by atoms with van der Waals surface area (Å²) in [5, 5.41) is 0.284. The number of halogens is 2. The van der Waals surface area contributed by atoms with Crippen LogP contribution >= 0.6 is 11.6 Å². The topological polar surface area (TPSA) is 9.23 Å². The molecule has 0 saturated heterocycles. The van der Waals surface area contributed by atoms with Crippen LogP contribution in [0.5, 0.6) is 5.75 Å². The molecule has 0 amide bonds. The van der Waals surface area contributed by atoms with Crippen LogP contribution in [0.3, 0.4) is 0 Å². The molecule has 3 aliphatic rings. The molecular weight excluding hydrogens is 443 g/mol. The van der Waals surface area contributed by atoms with Crippen molar-refractivity contribution in [2.75, 3.05) is 6.61 Å². The summed E-state index contributed by atoms with van der Waals surface area (Å²) in [5.41, 5.74) is 0.992. The summed E-state index contributed by atoms with van der Waals surface area (Å²) in [7, 11) is 0. The molecule has 1 aromatic rings. The Kier molecular flexibility index (Phi) is 9.80. The number of hydrogen-bond acceptors (Lipinski definition) is 1. The zero-order chi connectivity index (χ0) is 23.9. The van der Waals surface area contributed by atoms with E-state index in [-0.39, 0.29) is 16.6 Å². The molecule has 0 bridgehead atoms. The summed E-state index contributed by atoms with van der Waals surface area (Å²) < 4.78 is 20.0. The Morgan fingerprint density at radius 1 is 0.853 bits per heavy atom. The van der Waals surface area contributed by atoms with Crippen molar-refractivity contribution in [2.24, 2.45) is 29.6 Å². The van der Waals surface area contributed by atoms with Gasteiger partial charge in [0.25, 0.3) is 0 Å². The van der Waals surface area contributed by atoms with Gasteiger partial charge in [0.05, 0.1) is 11.6 Å². The van der Waals surface area contributed by atoms with Crippen molar-refractivity contribution in [1.29, 1.82) is 0 Å². The van der Waals surface area contributed by atoms with Crippen molar-refractivity contribution in [2.45, 2.75) is 110 Å². The number of hydrogen-bond donors (Lipinski definition) is 0. The second kappa shape index (κ2) is 12.8. The van der Waals surface area contributed by atoms with E-state index < -0.39 is 0 Å². The van der Waals surface area contributed by atoms with Crippen molar-refractivity contribution in [1.82, 2.24) is 0 Å². The van der Waals surface area contributed by atoms with Gasteiger partial charge < -0.3 is 4.74 Å². The first-order chi connectivity index (χ1) is 16.6. The van der Waals surface area contributed by atoms with Gasteiger partial charge in [0.2, 0.25) is 0 Å². The Bertz CT molecular complexity index is 781. The van der Waals surface area contributed by atoms with Gasteiger partial charge in [0, 0.05) is 0 Å². The van der Waals surface area contributed by atoms with Gasteiger partial charge in [-0.25, -0.2) is 4.39 Å². The first-order valence-electron chi connectivity index (χ1n) is 14.3. The minimum atomic E-state index is -0.381. The van der Waals surface area contributed by atoms with Gasteiger partial charge in [0.15, 0.2) is 11.6 Å². The number of benzene rings is 1. The fourth-order valence-corrected chi connectivity index (χ4v) is 7.88. The lowest BCUT2D eigenvalue weighted by atomic mass is 9.64. The highest BCUT2D eigenvalue weighted by Gasteiger charge is 2.35. The van der Waals surface area contributed by atoms with Crippen molar-refractivity contribution in [3.63, 3.8) is 0 Å². The van der Waals surface area contributed by atoms with E-state index in [0.29, 0.717) is 12.5 Å². The largest absolute Gasteiger partial charge is 0.491 e.